The van der Waals surface area contributed by atoms with Gasteiger partial charge in [0.05, 0.1) is 19.7 Å². The zero-order chi connectivity index (χ0) is 18.5. The van der Waals surface area contributed by atoms with E-state index in [9.17, 15) is 4.79 Å². The number of carbonyl (C=O) groups is 1. The second kappa shape index (κ2) is 8.02. The van der Waals surface area contributed by atoms with Gasteiger partial charge in [0.2, 0.25) is 0 Å². The highest BCUT2D eigenvalue weighted by Crippen LogP contribution is 2.24. The first-order valence-electron chi connectivity index (χ1n) is 8.61. The first-order chi connectivity index (χ1) is 12.6. The molecule has 0 spiro atoms. The van der Waals surface area contributed by atoms with Crippen LogP contribution in [0.5, 0.6) is 0 Å². The van der Waals surface area contributed by atoms with Crippen LogP contribution in [0.2, 0.25) is 0 Å². The van der Waals surface area contributed by atoms with Crippen molar-refractivity contribution in [3.63, 3.8) is 0 Å². The third-order valence-corrected chi connectivity index (χ3v) is 4.40. The monoisotopic (exact) mass is 349 g/mol. The van der Waals surface area contributed by atoms with E-state index in [0.717, 1.165) is 0 Å². The van der Waals surface area contributed by atoms with Crippen LogP contribution >= 0.6 is 0 Å². The summed E-state index contributed by atoms with van der Waals surface area (Å²) >= 11 is 0. The molecule has 0 fully saturated rings. The molecule has 1 aromatic heterocycles. The van der Waals surface area contributed by atoms with E-state index in [-0.39, 0.29) is 12.0 Å². The van der Waals surface area contributed by atoms with E-state index in [2.05, 4.69) is 48.6 Å². The molecule has 4 nitrogen and oxygen atoms in total. The number of hydrogen-bond donors (Lipinski definition) is 1. The molecule has 2 aromatic carbocycles. The Balaban J connectivity index is 1.83. The van der Waals surface area contributed by atoms with Gasteiger partial charge in [0, 0.05) is 0 Å². The summed E-state index contributed by atoms with van der Waals surface area (Å²) in [5, 5.41) is 3.54. The number of benzene rings is 2. The molecule has 4 heteroatoms. The fourth-order valence-electron chi connectivity index (χ4n) is 2.98. The van der Waals surface area contributed by atoms with Gasteiger partial charge in [-0.25, -0.2) is 4.79 Å². The first kappa shape index (κ1) is 18.0. The maximum atomic E-state index is 11.8. The molecular weight excluding hydrogens is 326 g/mol. The van der Waals surface area contributed by atoms with Crippen LogP contribution in [-0.2, 0) is 11.3 Å². The molecular formula is C22H23NO3. The van der Waals surface area contributed by atoms with Gasteiger partial charge in [0.25, 0.3) is 0 Å². The molecule has 0 amide bonds. The lowest BCUT2D eigenvalue weighted by molar-refractivity contribution is 0.0599. The van der Waals surface area contributed by atoms with Crippen molar-refractivity contribution in [2.45, 2.75) is 26.4 Å². The minimum absolute atomic E-state index is 0.0313. The average molecular weight is 349 g/mol. The normalized spacial score (nSPS) is 12.0. The smallest absolute Gasteiger partial charge is 0.341 e. The molecule has 1 N–H and O–H groups in total. The third-order valence-electron chi connectivity index (χ3n) is 4.40. The van der Waals surface area contributed by atoms with Crippen molar-refractivity contribution in [1.29, 1.82) is 0 Å². The highest BCUT2D eigenvalue weighted by atomic mass is 16.5. The Labute approximate surface area is 153 Å². The number of carbonyl (C=O) groups excluding carboxylic acids is 1. The summed E-state index contributed by atoms with van der Waals surface area (Å²) in [5.74, 6) is 0.895. The van der Waals surface area contributed by atoms with Crippen molar-refractivity contribution in [1.82, 2.24) is 5.32 Å². The number of aryl methyl sites for hydroxylation is 2. The van der Waals surface area contributed by atoms with Crippen LogP contribution in [0.15, 0.2) is 65.1 Å². The largest absolute Gasteiger partial charge is 0.465 e. The predicted molar refractivity (Wildman–Crippen MR) is 101 cm³/mol. The lowest BCUT2D eigenvalue weighted by Gasteiger charge is -2.19. The van der Waals surface area contributed by atoms with Crippen LogP contribution in [0, 0.1) is 13.8 Å². The van der Waals surface area contributed by atoms with Crippen molar-refractivity contribution >= 4 is 5.97 Å². The molecule has 0 bridgehead atoms. The zero-order valence-electron chi connectivity index (χ0n) is 15.3. The molecule has 134 valence electrons. The van der Waals surface area contributed by atoms with Crippen LogP contribution in [0.4, 0.5) is 0 Å². The van der Waals surface area contributed by atoms with Gasteiger partial charge < -0.3 is 9.15 Å². The molecule has 26 heavy (non-hydrogen) atoms. The Morgan fingerprint density at radius 3 is 2.35 bits per heavy atom. The van der Waals surface area contributed by atoms with Crippen LogP contribution < -0.4 is 5.32 Å². The van der Waals surface area contributed by atoms with E-state index in [1.165, 1.54) is 23.8 Å². The van der Waals surface area contributed by atoms with E-state index in [4.69, 9.17) is 9.15 Å². The highest BCUT2D eigenvalue weighted by molar-refractivity contribution is 5.90. The SMILES string of the molecule is COC(=O)c1cc(CNC(c2ccccc2)c2ccc(C)cc2)oc1C. The number of esters is 1. The zero-order valence-corrected chi connectivity index (χ0v) is 15.3. The van der Waals surface area contributed by atoms with Crippen LogP contribution in [0.25, 0.3) is 0 Å². The van der Waals surface area contributed by atoms with E-state index in [1.54, 1.807) is 13.0 Å². The van der Waals surface area contributed by atoms with Gasteiger partial charge in [-0.05, 0) is 31.0 Å². The van der Waals surface area contributed by atoms with Gasteiger partial charge in [0.1, 0.15) is 17.1 Å². The van der Waals surface area contributed by atoms with Gasteiger partial charge in [-0.1, -0.05) is 60.2 Å². The van der Waals surface area contributed by atoms with E-state index < -0.39 is 0 Å². The average Bonchev–Trinajstić information content (AvgIpc) is 3.04. The Bertz CT molecular complexity index is 866. The predicted octanol–water partition coefficient (Wildman–Crippen LogP) is 4.56. The number of methoxy groups -OCH3 is 1. The van der Waals surface area contributed by atoms with Gasteiger partial charge >= 0.3 is 5.97 Å². The molecule has 3 aromatic rings. The van der Waals surface area contributed by atoms with Crippen molar-refractivity contribution in [3.05, 3.63) is 94.4 Å². The number of ether oxygens (including phenoxy) is 1. The van der Waals surface area contributed by atoms with Crippen molar-refractivity contribution < 1.29 is 13.9 Å². The molecule has 0 aliphatic heterocycles. The Morgan fingerprint density at radius 2 is 1.69 bits per heavy atom. The molecule has 0 aliphatic rings. The lowest BCUT2D eigenvalue weighted by Crippen LogP contribution is -2.21. The molecule has 3 rings (SSSR count). The van der Waals surface area contributed by atoms with Gasteiger partial charge in [-0.3, -0.25) is 5.32 Å². The van der Waals surface area contributed by atoms with Crippen LogP contribution in [-0.4, -0.2) is 13.1 Å². The number of rotatable bonds is 6. The maximum Gasteiger partial charge on any atom is 0.341 e. The first-order valence-corrected chi connectivity index (χ1v) is 8.61. The summed E-state index contributed by atoms with van der Waals surface area (Å²) in [6.07, 6.45) is 0. The topological polar surface area (TPSA) is 51.5 Å². The third kappa shape index (κ3) is 4.03. The minimum atomic E-state index is -0.379. The van der Waals surface area contributed by atoms with Crippen LogP contribution in [0.3, 0.4) is 0 Å². The second-order valence-electron chi connectivity index (χ2n) is 6.31. The van der Waals surface area contributed by atoms with Crippen LogP contribution in [0.1, 0.15) is 44.6 Å². The molecule has 0 aliphatic carbocycles. The second-order valence-corrected chi connectivity index (χ2v) is 6.31. The quantitative estimate of drug-likeness (QED) is 0.663. The summed E-state index contributed by atoms with van der Waals surface area (Å²) < 4.78 is 10.5. The van der Waals surface area contributed by atoms with E-state index >= 15 is 0 Å². The fourth-order valence-corrected chi connectivity index (χ4v) is 2.98. The summed E-state index contributed by atoms with van der Waals surface area (Å²) in [6.45, 7) is 4.35. The summed E-state index contributed by atoms with van der Waals surface area (Å²) in [4.78, 5) is 11.8. The molecule has 1 heterocycles. The Kier molecular flexibility index (Phi) is 5.54. The van der Waals surface area contributed by atoms with Gasteiger partial charge in [-0.15, -0.1) is 0 Å². The Morgan fingerprint density at radius 1 is 1.04 bits per heavy atom. The standard InChI is InChI=1S/C22H23NO3/c1-15-9-11-18(12-10-15)21(17-7-5-4-6-8-17)23-14-19-13-20(16(2)26-19)22(24)25-3/h4-13,21,23H,14H2,1-3H3. The number of hydrogen-bond acceptors (Lipinski definition) is 4. The molecule has 1 unspecified atom stereocenters. The number of nitrogens with one attached hydrogen (secondary N) is 1. The Hall–Kier alpha value is -2.85. The lowest BCUT2D eigenvalue weighted by atomic mass is 9.98. The molecule has 0 saturated carbocycles. The van der Waals surface area contributed by atoms with Crippen molar-refractivity contribution in [2.24, 2.45) is 0 Å². The highest BCUT2D eigenvalue weighted by Gasteiger charge is 2.18. The maximum absolute atomic E-state index is 11.8. The van der Waals surface area contributed by atoms with Gasteiger partial charge in [0.15, 0.2) is 0 Å². The summed E-state index contributed by atoms with van der Waals surface area (Å²) in [7, 11) is 1.37. The molecule has 0 radical (unpaired) electrons. The molecule has 1 atom stereocenters. The van der Waals surface area contributed by atoms with Crippen molar-refractivity contribution in [3.8, 4) is 0 Å². The summed E-state index contributed by atoms with van der Waals surface area (Å²) in [5.41, 5.74) is 4.05. The van der Waals surface area contributed by atoms with E-state index in [0.29, 0.717) is 23.6 Å². The fraction of sp³-hybridized carbons (Fsp3) is 0.227. The minimum Gasteiger partial charge on any atom is -0.465 e. The number of furan rings is 1. The van der Waals surface area contributed by atoms with Gasteiger partial charge in [-0.2, -0.15) is 0 Å². The molecule has 0 saturated heterocycles. The van der Waals surface area contributed by atoms with Crippen molar-refractivity contribution in [2.75, 3.05) is 7.11 Å². The van der Waals surface area contributed by atoms with E-state index in [1.807, 2.05) is 18.2 Å². The summed E-state index contributed by atoms with van der Waals surface area (Å²) in [6, 6.07) is 20.5.